The van der Waals surface area contributed by atoms with Gasteiger partial charge in [-0.25, -0.2) is 0 Å². The molecule has 4 nitrogen and oxygen atoms in total. The van der Waals surface area contributed by atoms with Crippen LogP contribution >= 0.6 is 0 Å². The first-order chi connectivity index (χ1) is 8.68. The number of fused-ring (bicyclic) bond motifs is 2. The number of aromatic nitrogens is 1. The number of nitrogens with one attached hydrogen (secondary N) is 1. The lowest BCUT2D eigenvalue weighted by Gasteiger charge is -2.04. The Kier molecular flexibility index (Phi) is 2.30. The molecule has 1 aromatic carbocycles. The van der Waals surface area contributed by atoms with E-state index in [2.05, 4.69) is 4.98 Å². The molecule has 0 amide bonds. The predicted octanol–water partition coefficient (Wildman–Crippen LogP) is 1.43. The molecule has 0 bridgehead atoms. The molecule has 1 aliphatic rings. The summed E-state index contributed by atoms with van der Waals surface area (Å²) >= 11 is 0. The Morgan fingerprint density at radius 3 is 2.89 bits per heavy atom. The molecule has 4 heteroatoms. The second-order valence-corrected chi connectivity index (χ2v) is 4.39. The molecule has 0 unspecified atom stereocenters. The van der Waals surface area contributed by atoms with E-state index in [4.69, 9.17) is 5.73 Å². The molecule has 1 aliphatic carbocycles. The average Bonchev–Trinajstić information content (AvgIpc) is 2.48. The van der Waals surface area contributed by atoms with Crippen LogP contribution in [-0.4, -0.2) is 4.98 Å². The van der Waals surface area contributed by atoms with Crippen LogP contribution in [0.1, 0.15) is 17.7 Å². The summed E-state index contributed by atoms with van der Waals surface area (Å²) in [6.45, 7) is 0. The number of anilines is 1. The monoisotopic (exact) mass is 240 g/mol. The van der Waals surface area contributed by atoms with Crippen molar-refractivity contribution in [3.63, 3.8) is 0 Å². The van der Waals surface area contributed by atoms with Crippen LogP contribution in [0.2, 0.25) is 0 Å². The van der Waals surface area contributed by atoms with Crippen molar-refractivity contribution >= 4 is 22.5 Å². The molecule has 0 saturated carbocycles. The standard InChI is InChI=1S/C14H12N2O2/c15-10-6-3-5-9-12(10)13(17)8-4-1-2-7-11(8)16-14(9)18/h2-3,5-7H,1,4,15H2,(H,16,18). The number of allylic oxidation sites excluding steroid dienone is 1. The molecule has 1 aromatic heterocycles. The Morgan fingerprint density at radius 1 is 1.22 bits per heavy atom. The summed E-state index contributed by atoms with van der Waals surface area (Å²) in [5.74, 6) is 0. The maximum Gasteiger partial charge on any atom is 0.256 e. The van der Waals surface area contributed by atoms with Gasteiger partial charge in [-0.05, 0) is 31.1 Å². The second-order valence-electron chi connectivity index (χ2n) is 4.39. The minimum atomic E-state index is -0.276. The summed E-state index contributed by atoms with van der Waals surface area (Å²) in [6.07, 6.45) is 5.18. The van der Waals surface area contributed by atoms with Gasteiger partial charge in [-0.15, -0.1) is 0 Å². The fourth-order valence-corrected chi connectivity index (χ4v) is 2.37. The van der Waals surface area contributed by atoms with Gasteiger partial charge in [0.15, 0.2) is 5.43 Å². The second kappa shape index (κ2) is 3.84. The minimum absolute atomic E-state index is 0.138. The first-order valence-electron chi connectivity index (χ1n) is 5.82. The minimum Gasteiger partial charge on any atom is -0.398 e. The summed E-state index contributed by atoms with van der Waals surface area (Å²) in [5, 5.41) is 0.679. The molecular weight excluding hydrogens is 228 g/mol. The van der Waals surface area contributed by atoms with Crippen LogP contribution in [0.5, 0.6) is 0 Å². The molecule has 0 atom stereocenters. The van der Waals surface area contributed by atoms with Gasteiger partial charge >= 0.3 is 0 Å². The number of rotatable bonds is 0. The largest absolute Gasteiger partial charge is 0.398 e. The van der Waals surface area contributed by atoms with Crippen LogP contribution in [0.15, 0.2) is 33.9 Å². The third-order valence-electron chi connectivity index (χ3n) is 3.26. The molecule has 0 radical (unpaired) electrons. The molecule has 3 rings (SSSR count). The van der Waals surface area contributed by atoms with Crippen LogP contribution in [-0.2, 0) is 6.42 Å². The number of benzene rings is 1. The fraction of sp³-hybridized carbons (Fsp3) is 0.143. The van der Waals surface area contributed by atoms with Crippen LogP contribution in [0.4, 0.5) is 5.69 Å². The number of aromatic amines is 1. The smallest absolute Gasteiger partial charge is 0.256 e. The van der Waals surface area contributed by atoms with E-state index in [0.717, 1.165) is 6.42 Å². The van der Waals surface area contributed by atoms with Gasteiger partial charge in [0, 0.05) is 16.9 Å². The van der Waals surface area contributed by atoms with Crippen molar-refractivity contribution in [3.8, 4) is 0 Å². The zero-order valence-corrected chi connectivity index (χ0v) is 9.69. The van der Waals surface area contributed by atoms with Crippen LogP contribution < -0.4 is 16.7 Å². The van der Waals surface area contributed by atoms with Crippen molar-refractivity contribution in [2.75, 3.05) is 5.73 Å². The molecule has 2 aromatic rings. The van der Waals surface area contributed by atoms with Gasteiger partial charge in [0.2, 0.25) is 0 Å². The predicted molar refractivity (Wildman–Crippen MR) is 72.6 cm³/mol. The van der Waals surface area contributed by atoms with E-state index in [9.17, 15) is 9.59 Å². The topological polar surface area (TPSA) is 76.0 Å². The van der Waals surface area contributed by atoms with Gasteiger partial charge in [-0.2, -0.15) is 0 Å². The Morgan fingerprint density at radius 2 is 2.06 bits per heavy atom. The highest BCUT2D eigenvalue weighted by molar-refractivity contribution is 5.92. The molecular formula is C14H12N2O2. The highest BCUT2D eigenvalue weighted by Gasteiger charge is 2.13. The molecule has 1 heterocycles. The van der Waals surface area contributed by atoms with Gasteiger partial charge < -0.3 is 10.7 Å². The lowest BCUT2D eigenvalue weighted by atomic mass is 10.0. The normalized spacial score (nSPS) is 13.6. The third-order valence-corrected chi connectivity index (χ3v) is 3.26. The van der Waals surface area contributed by atoms with Crippen molar-refractivity contribution in [1.29, 1.82) is 0 Å². The van der Waals surface area contributed by atoms with E-state index in [1.165, 1.54) is 0 Å². The quantitative estimate of drug-likeness (QED) is 0.684. The molecule has 90 valence electrons. The molecule has 0 spiro atoms. The van der Waals surface area contributed by atoms with Crippen molar-refractivity contribution in [2.24, 2.45) is 0 Å². The van der Waals surface area contributed by atoms with E-state index in [-0.39, 0.29) is 11.0 Å². The molecule has 18 heavy (non-hydrogen) atoms. The highest BCUT2D eigenvalue weighted by Crippen LogP contribution is 2.17. The van der Waals surface area contributed by atoms with Crippen LogP contribution in [0.25, 0.3) is 16.8 Å². The number of hydrogen-bond acceptors (Lipinski definition) is 3. The third kappa shape index (κ3) is 1.46. The van der Waals surface area contributed by atoms with Gasteiger partial charge in [0.25, 0.3) is 5.56 Å². The summed E-state index contributed by atoms with van der Waals surface area (Å²) in [7, 11) is 0. The Balaban J connectivity index is 2.65. The summed E-state index contributed by atoms with van der Waals surface area (Å²) < 4.78 is 0. The van der Waals surface area contributed by atoms with E-state index >= 15 is 0 Å². The molecule has 3 N–H and O–H groups in total. The molecule has 0 fully saturated rings. The zero-order chi connectivity index (χ0) is 12.7. The number of H-pyrrole nitrogens is 1. The first kappa shape index (κ1) is 10.8. The number of hydrogen-bond donors (Lipinski definition) is 2. The highest BCUT2D eigenvalue weighted by atomic mass is 16.1. The van der Waals surface area contributed by atoms with E-state index in [1.807, 2.05) is 6.08 Å². The summed E-state index contributed by atoms with van der Waals surface area (Å²) in [6, 6.07) is 4.95. The lowest BCUT2D eigenvalue weighted by Crippen LogP contribution is -2.11. The van der Waals surface area contributed by atoms with Crippen LogP contribution in [0.3, 0.4) is 0 Å². The molecule has 0 aliphatic heterocycles. The number of nitrogen functional groups attached to an aromatic ring is 1. The molecule has 0 saturated heterocycles. The van der Waals surface area contributed by atoms with Crippen molar-refractivity contribution in [1.82, 2.24) is 4.98 Å². The lowest BCUT2D eigenvalue weighted by molar-refractivity contribution is 0.961. The van der Waals surface area contributed by atoms with Gasteiger partial charge in [-0.1, -0.05) is 12.1 Å². The first-order valence-corrected chi connectivity index (χ1v) is 5.82. The van der Waals surface area contributed by atoms with Crippen molar-refractivity contribution in [3.05, 3.63) is 56.1 Å². The van der Waals surface area contributed by atoms with E-state index in [1.54, 1.807) is 24.3 Å². The maximum atomic E-state index is 12.5. The van der Waals surface area contributed by atoms with Crippen molar-refractivity contribution in [2.45, 2.75) is 12.8 Å². The van der Waals surface area contributed by atoms with Crippen LogP contribution in [0, 0.1) is 0 Å². The van der Waals surface area contributed by atoms with E-state index < -0.39 is 0 Å². The Labute approximate surface area is 103 Å². The SMILES string of the molecule is Nc1cccc2c(=O)[nH]c3c(c(=O)c12)CCC=C3. The maximum absolute atomic E-state index is 12.5. The Bertz CT molecular complexity index is 788. The van der Waals surface area contributed by atoms with Gasteiger partial charge in [0.1, 0.15) is 0 Å². The fourth-order valence-electron chi connectivity index (χ4n) is 2.37. The average molecular weight is 240 g/mol. The van der Waals surface area contributed by atoms with Gasteiger partial charge in [0.05, 0.1) is 10.8 Å². The summed E-state index contributed by atoms with van der Waals surface area (Å²) in [5.41, 5.74) is 7.03. The summed E-state index contributed by atoms with van der Waals surface area (Å²) in [4.78, 5) is 27.3. The van der Waals surface area contributed by atoms with Gasteiger partial charge in [-0.3, -0.25) is 9.59 Å². The zero-order valence-electron chi connectivity index (χ0n) is 9.69. The van der Waals surface area contributed by atoms with E-state index in [0.29, 0.717) is 34.1 Å². The van der Waals surface area contributed by atoms with Crippen molar-refractivity contribution < 1.29 is 0 Å². The number of nitrogens with two attached hydrogens (primary N) is 1. The Hall–Kier alpha value is -2.36.